The highest BCUT2D eigenvalue weighted by Crippen LogP contribution is 2.41. The molecule has 1 amide bonds. The van der Waals surface area contributed by atoms with Crippen molar-refractivity contribution in [1.29, 1.82) is 0 Å². The van der Waals surface area contributed by atoms with E-state index in [0.717, 1.165) is 0 Å². The number of aliphatic hydroxyl groups excluding tert-OH is 1. The maximum atomic E-state index is 12.9. The Hall–Kier alpha value is -3.41. The molecule has 1 unspecified atom stereocenters. The third kappa shape index (κ3) is 3.29. The van der Waals surface area contributed by atoms with Crippen molar-refractivity contribution in [2.75, 3.05) is 12.0 Å². The van der Waals surface area contributed by atoms with Crippen LogP contribution < -0.4 is 4.90 Å². The Kier molecular flexibility index (Phi) is 5.31. The lowest BCUT2D eigenvalue weighted by molar-refractivity contribution is -0.119. The maximum Gasteiger partial charge on any atom is 0.337 e. The van der Waals surface area contributed by atoms with E-state index in [2.05, 4.69) is 0 Å². The van der Waals surface area contributed by atoms with E-state index in [1.807, 2.05) is 6.07 Å². The molecule has 6 nitrogen and oxygen atoms in total. The predicted octanol–water partition coefficient (Wildman–Crippen LogP) is 3.60. The van der Waals surface area contributed by atoms with E-state index < -0.39 is 29.6 Å². The third-order valence-corrected chi connectivity index (χ3v) is 4.66. The Labute approximate surface area is 163 Å². The summed E-state index contributed by atoms with van der Waals surface area (Å²) in [6.07, 6.45) is 0. The number of carbonyl (C=O) groups is 3. The molecule has 2 aromatic carbocycles. The predicted molar refractivity (Wildman–Crippen MR) is 104 cm³/mol. The topological polar surface area (TPSA) is 83.9 Å². The van der Waals surface area contributed by atoms with Crippen LogP contribution in [0.25, 0.3) is 0 Å². The number of anilines is 1. The molecule has 2 aromatic rings. The molecule has 1 aliphatic heterocycles. The Morgan fingerprint density at radius 3 is 2.36 bits per heavy atom. The van der Waals surface area contributed by atoms with Crippen molar-refractivity contribution in [3.63, 3.8) is 0 Å². The van der Waals surface area contributed by atoms with Gasteiger partial charge in [-0.2, -0.15) is 0 Å². The average Bonchev–Trinajstić information content (AvgIpc) is 2.98. The number of hydrogen-bond acceptors (Lipinski definition) is 5. The minimum Gasteiger partial charge on any atom is -0.503 e. The standard InChI is InChI=1S/C22H21NO5/c1-13(2)19(24)17-18(14-8-5-4-6-9-14)23(21(26)20(17)25)16-11-7-10-15(12-16)22(27)28-3/h4-13,18,25H,1-3H3. The first-order valence-corrected chi connectivity index (χ1v) is 8.91. The zero-order chi connectivity index (χ0) is 20.4. The Morgan fingerprint density at radius 1 is 1.07 bits per heavy atom. The number of ether oxygens (including phenoxy) is 1. The molecule has 0 saturated carbocycles. The van der Waals surface area contributed by atoms with Crippen LogP contribution in [0.15, 0.2) is 65.9 Å². The molecule has 0 radical (unpaired) electrons. The highest BCUT2D eigenvalue weighted by molar-refractivity contribution is 6.17. The molecule has 0 saturated heterocycles. The summed E-state index contributed by atoms with van der Waals surface area (Å²) in [4.78, 5) is 39.0. The van der Waals surface area contributed by atoms with Crippen LogP contribution in [0, 0.1) is 5.92 Å². The zero-order valence-electron chi connectivity index (χ0n) is 15.9. The van der Waals surface area contributed by atoms with Crippen molar-refractivity contribution in [2.24, 2.45) is 5.92 Å². The highest BCUT2D eigenvalue weighted by atomic mass is 16.5. The van der Waals surface area contributed by atoms with Crippen LogP contribution in [0.5, 0.6) is 0 Å². The highest BCUT2D eigenvalue weighted by Gasteiger charge is 2.44. The molecule has 0 fully saturated rings. The van der Waals surface area contributed by atoms with Gasteiger partial charge in [0.15, 0.2) is 11.5 Å². The fourth-order valence-corrected chi connectivity index (χ4v) is 3.29. The average molecular weight is 379 g/mol. The number of carbonyl (C=O) groups excluding carboxylic acids is 3. The molecular weight excluding hydrogens is 358 g/mol. The Bertz CT molecular complexity index is 962. The molecule has 0 aliphatic carbocycles. The fraction of sp³-hybridized carbons (Fsp3) is 0.227. The fourth-order valence-electron chi connectivity index (χ4n) is 3.29. The summed E-state index contributed by atoms with van der Waals surface area (Å²) in [5.41, 5.74) is 1.41. The summed E-state index contributed by atoms with van der Waals surface area (Å²) in [6, 6.07) is 14.6. The molecule has 1 aliphatic rings. The number of esters is 1. The van der Waals surface area contributed by atoms with Crippen LogP contribution in [-0.2, 0) is 14.3 Å². The van der Waals surface area contributed by atoms with E-state index in [9.17, 15) is 19.5 Å². The van der Waals surface area contributed by atoms with Gasteiger partial charge < -0.3 is 9.84 Å². The van der Waals surface area contributed by atoms with Crippen molar-refractivity contribution in [3.05, 3.63) is 77.1 Å². The summed E-state index contributed by atoms with van der Waals surface area (Å²) >= 11 is 0. The van der Waals surface area contributed by atoms with E-state index in [1.54, 1.807) is 56.3 Å². The van der Waals surface area contributed by atoms with Gasteiger partial charge in [0, 0.05) is 11.6 Å². The van der Waals surface area contributed by atoms with Crippen LogP contribution in [0.3, 0.4) is 0 Å². The number of benzene rings is 2. The minimum absolute atomic E-state index is 0.0645. The molecule has 28 heavy (non-hydrogen) atoms. The second-order valence-corrected chi connectivity index (χ2v) is 6.81. The van der Waals surface area contributed by atoms with Gasteiger partial charge >= 0.3 is 5.97 Å². The molecular formula is C22H21NO5. The third-order valence-electron chi connectivity index (χ3n) is 4.66. The van der Waals surface area contributed by atoms with Gasteiger partial charge in [-0.15, -0.1) is 0 Å². The summed E-state index contributed by atoms with van der Waals surface area (Å²) in [7, 11) is 1.27. The van der Waals surface area contributed by atoms with E-state index in [4.69, 9.17) is 4.74 Å². The van der Waals surface area contributed by atoms with E-state index in [0.29, 0.717) is 11.3 Å². The van der Waals surface area contributed by atoms with E-state index in [-0.39, 0.29) is 16.9 Å². The van der Waals surface area contributed by atoms with Crippen molar-refractivity contribution < 1.29 is 24.2 Å². The van der Waals surface area contributed by atoms with Gasteiger partial charge in [0.25, 0.3) is 5.91 Å². The van der Waals surface area contributed by atoms with Gasteiger partial charge in [-0.25, -0.2) is 4.79 Å². The Morgan fingerprint density at radius 2 is 1.75 bits per heavy atom. The molecule has 6 heteroatoms. The number of methoxy groups -OCH3 is 1. The van der Waals surface area contributed by atoms with Crippen LogP contribution in [0.4, 0.5) is 5.69 Å². The molecule has 1 atom stereocenters. The van der Waals surface area contributed by atoms with Crippen molar-refractivity contribution in [3.8, 4) is 0 Å². The van der Waals surface area contributed by atoms with Crippen LogP contribution in [-0.4, -0.2) is 29.9 Å². The minimum atomic E-state index is -0.781. The largest absolute Gasteiger partial charge is 0.503 e. The number of hydrogen-bond donors (Lipinski definition) is 1. The molecule has 0 bridgehead atoms. The summed E-state index contributed by atoms with van der Waals surface area (Å²) in [6.45, 7) is 3.44. The van der Waals surface area contributed by atoms with Gasteiger partial charge in [0.05, 0.1) is 24.3 Å². The molecule has 1 N–H and O–H groups in total. The molecule has 0 spiro atoms. The number of nitrogens with zero attached hydrogens (tertiary/aromatic N) is 1. The first kappa shape index (κ1) is 19.4. The lowest BCUT2D eigenvalue weighted by atomic mass is 9.91. The second kappa shape index (κ2) is 7.68. The molecule has 144 valence electrons. The molecule has 3 rings (SSSR count). The Balaban J connectivity index is 2.17. The van der Waals surface area contributed by atoms with Gasteiger partial charge in [0.2, 0.25) is 0 Å². The number of rotatable bonds is 5. The SMILES string of the molecule is COC(=O)c1cccc(N2C(=O)C(O)=C(C(=O)C(C)C)C2c2ccccc2)c1. The van der Waals surface area contributed by atoms with Crippen LogP contribution >= 0.6 is 0 Å². The second-order valence-electron chi connectivity index (χ2n) is 6.81. The first-order chi connectivity index (χ1) is 13.4. The zero-order valence-corrected chi connectivity index (χ0v) is 15.9. The molecule has 1 heterocycles. The normalized spacial score (nSPS) is 16.6. The monoisotopic (exact) mass is 379 g/mol. The van der Waals surface area contributed by atoms with Crippen LogP contribution in [0.1, 0.15) is 35.8 Å². The van der Waals surface area contributed by atoms with Gasteiger partial charge in [-0.3, -0.25) is 14.5 Å². The van der Waals surface area contributed by atoms with Gasteiger partial charge in [0.1, 0.15) is 0 Å². The molecule has 0 aromatic heterocycles. The quantitative estimate of drug-likeness (QED) is 0.803. The summed E-state index contributed by atoms with van der Waals surface area (Å²) in [5, 5.41) is 10.5. The summed E-state index contributed by atoms with van der Waals surface area (Å²) < 4.78 is 4.75. The maximum absolute atomic E-state index is 12.9. The number of aliphatic hydroxyl groups is 1. The van der Waals surface area contributed by atoms with Crippen molar-refractivity contribution in [2.45, 2.75) is 19.9 Å². The van der Waals surface area contributed by atoms with E-state index >= 15 is 0 Å². The number of Topliss-reactive ketones (excluding diaryl/α,β-unsaturated/α-hetero) is 1. The van der Waals surface area contributed by atoms with Crippen molar-refractivity contribution >= 4 is 23.3 Å². The van der Waals surface area contributed by atoms with Gasteiger partial charge in [-0.05, 0) is 23.8 Å². The van der Waals surface area contributed by atoms with Crippen LogP contribution in [0.2, 0.25) is 0 Å². The lowest BCUT2D eigenvalue weighted by Gasteiger charge is -2.27. The number of ketones is 1. The van der Waals surface area contributed by atoms with E-state index in [1.165, 1.54) is 18.1 Å². The first-order valence-electron chi connectivity index (χ1n) is 8.91. The summed E-state index contributed by atoms with van der Waals surface area (Å²) in [5.74, 6) is -2.47. The number of amides is 1. The van der Waals surface area contributed by atoms with Gasteiger partial charge in [-0.1, -0.05) is 50.2 Å². The lowest BCUT2D eigenvalue weighted by Crippen LogP contribution is -2.31. The van der Waals surface area contributed by atoms with Crippen molar-refractivity contribution in [1.82, 2.24) is 0 Å². The smallest absolute Gasteiger partial charge is 0.337 e.